The molecule has 0 bridgehead atoms. The Morgan fingerprint density at radius 1 is 1.36 bits per heavy atom. The number of carbonyl (C=O) groups is 1. The molecule has 2 aromatic rings. The molecule has 0 saturated heterocycles. The summed E-state index contributed by atoms with van der Waals surface area (Å²) < 4.78 is 0. The van der Waals surface area contributed by atoms with Crippen LogP contribution in [0.15, 0.2) is 39.2 Å². The lowest BCUT2D eigenvalue weighted by molar-refractivity contribution is -0.124. The average Bonchev–Trinajstić information content (AvgIpc) is 3.12. The predicted octanol–water partition coefficient (Wildman–Crippen LogP) is 4.78. The van der Waals surface area contributed by atoms with Crippen LogP contribution in [-0.2, 0) is 4.79 Å². The molecular formula is C21H25N3O2S2. The fraction of sp³-hybridized carbons (Fsp3) is 0.476. The van der Waals surface area contributed by atoms with Crippen LogP contribution in [0.5, 0.6) is 0 Å². The van der Waals surface area contributed by atoms with Gasteiger partial charge in [0.15, 0.2) is 5.16 Å². The molecule has 3 atom stereocenters. The highest BCUT2D eigenvalue weighted by atomic mass is 32.2. The summed E-state index contributed by atoms with van der Waals surface area (Å²) >= 11 is 3.15. The average molecular weight is 416 g/mol. The Morgan fingerprint density at radius 2 is 2.14 bits per heavy atom. The van der Waals surface area contributed by atoms with E-state index in [2.05, 4.69) is 44.1 Å². The lowest BCUT2D eigenvalue weighted by atomic mass is 9.68. The number of hydrogen-bond donors (Lipinski definition) is 2. The van der Waals surface area contributed by atoms with Gasteiger partial charge in [-0.05, 0) is 23.3 Å². The molecule has 2 aromatic heterocycles. The molecule has 0 aromatic carbocycles. The van der Waals surface area contributed by atoms with Gasteiger partial charge in [-0.2, -0.15) is 0 Å². The van der Waals surface area contributed by atoms with Crippen molar-refractivity contribution < 1.29 is 4.79 Å². The van der Waals surface area contributed by atoms with E-state index in [1.165, 1.54) is 0 Å². The predicted molar refractivity (Wildman–Crippen MR) is 115 cm³/mol. The first-order valence-corrected chi connectivity index (χ1v) is 11.4. The topological polar surface area (TPSA) is 74.8 Å². The Hall–Kier alpha value is -1.86. The van der Waals surface area contributed by atoms with E-state index in [1.807, 2.05) is 17.5 Å². The van der Waals surface area contributed by atoms with Crippen LogP contribution >= 0.6 is 23.1 Å². The zero-order valence-electron chi connectivity index (χ0n) is 16.5. The highest BCUT2D eigenvalue weighted by Crippen LogP contribution is 2.48. The standard InChI is InChI=1S/C21H25N3O2S2/c1-5-11(2)28-20-23-18-17(19(26)24-20)16(14-7-6-8-27-14)15-12(22-18)9-21(3,4)10-13(15)25/h6-9,11,15-16H,5,10H2,1-4H3,(H2,22,23,24,26)/t11-,15+,16+/m1/s1. The Morgan fingerprint density at radius 3 is 2.82 bits per heavy atom. The minimum absolute atomic E-state index is 0.154. The van der Waals surface area contributed by atoms with E-state index in [4.69, 9.17) is 4.98 Å². The summed E-state index contributed by atoms with van der Waals surface area (Å²) in [6.07, 6.45) is 3.62. The zero-order chi connectivity index (χ0) is 20.1. The molecule has 148 valence electrons. The van der Waals surface area contributed by atoms with E-state index in [0.717, 1.165) is 17.0 Å². The van der Waals surface area contributed by atoms with Gasteiger partial charge >= 0.3 is 0 Å². The maximum Gasteiger partial charge on any atom is 0.257 e. The van der Waals surface area contributed by atoms with Gasteiger partial charge in [-0.1, -0.05) is 51.6 Å². The number of rotatable bonds is 4. The number of hydrogen-bond acceptors (Lipinski definition) is 6. The minimum Gasteiger partial charge on any atom is -0.343 e. The Kier molecular flexibility index (Phi) is 5.00. The van der Waals surface area contributed by atoms with Crippen molar-refractivity contribution in [1.29, 1.82) is 0 Å². The van der Waals surface area contributed by atoms with Crippen molar-refractivity contribution in [2.45, 2.75) is 56.9 Å². The van der Waals surface area contributed by atoms with Crippen molar-refractivity contribution in [2.24, 2.45) is 11.3 Å². The van der Waals surface area contributed by atoms with Crippen LogP contribution in [0.2, 0.25) is 0 Å². The quantitative estimate of drug-likeness (QED) is 0.555. The molecule has 4 rings (SSSR count). The number of carbonyl (C=O) groups excluding carboxylic acids is 1. The molecule has 1 aliphatic heterocycles. The largest absolute Gasteiger partial charge is 0.343 e. The number of allylic oxidation sites excluding steroid dienone is 2. The van der Waals surface area contributed by atoms with E-state index in [9.17, 15) is 9.59 Å². The van der Waals surface area contributed by atoms with E-state index in [1.54, 1.807) is 23.1 Å². The third kappa shape index (κ3) is 3.46. The van der Waals surface area contributed by atoms with Crippen molar-refractivity contribution in [2.75, 3.05) is 5.32 Å². The molecular weight excluding hydrogens is 390 g/mol. The second-order valence-corrected chi connectivity index (χ2v) is 10.7. The zero-order valence-corrected chi connectivity index (χ0v) is 18.2. The summed E-state index contributed by atoms with van der Waals surface area (Å²) in [6.45, 7) is 8.37. The molecule has 0 spiro atoms. The summed E-state index contributed by atoms with van der Waals surface area (Å²) in [5, 5.41) is 6.32. The maximum atomic E-state index is 13.1. The second-order valence-electron chi connectivity index (χ2n) is 8.30. The molecule has 0 unspecified atom stereocenters. The van der Waals surface area contributed by atoms with E-state index in [0.29, 0.717) is 28.2 Å². The Bertz CT molecular complexity index is 992. The number of thioether (sulfide) groups is 1. The molecule has 0 amide bonds. The number of nitrogens with one attached hydrogen (secondary N) is 2. The molecule has 28 heavy (non-hydrogen) atoms. The first kappa shape index (κ1) is 19.5. The number of nitrogens with zero attached hydrogens (tertiary/aromatic N) is 1. The van der Waals surface area contributed by atoms with Crippen molar-refractivity contribution in [3.63, 3.8) is 0 Å². The van der Waals surface area contributed by atoms with Gasteiger partial charge in [-0.25, -0.2) is 4.98 Å². The van der Waals surface area contributed by atoms with Gasteiger partial charge in [0.25, 0.3) is 5.56 Å². The molecule has 1 aliphatic carbocycles. The fourth-order valence-corrected chi connectivity index (χ4v) is 5.74. The van der Waals surface area contributed by atoms with Crippen LogP contribution in [0.1, 0.15) is 56.9 Å². The van der Waals surface area contributed by atoms with Crippen LogP contribution in [0, 0.1) is 11.3 Å². The monoisotopic (exact) mass is 415 g/mol. The summed E-state index contributed by atoms with van der Waals surface area (Å²) in [6, 6.07) is 3.98. The first-order valence-electron chi connectivity index (χ1n) is 9.66. The molecule has 2 aliphatic rings. The highest BCUT2D eigenvalue weighted by Gasteiger charge is 2.45. The van der Waals surface area contributed by atoms with Gasteiger partial charge in [0, 0.05) is 28.2 Å². The number of thiophene rings is 1. The molecule has 2 N–H and O–H groups in total. The molecule has 0 radical (unpaired) electrons. The maximum absolute atomic E-state index is 13.1. The van der Waals surface area contributed by atoms with Crippen LogP contribution in [0.4, 0.5) is 5.82 Å². The van der Waals surface area contributed by atoms with Gasteiger partial charge in [-0.3, -0.25) is 9.59 Å². The lowest BCUT2D eigenvalue weighted by Gasteiger charge is -2.40. The third-order valence-electron chi connectivity index (χ3n) is 5.44. The first-order chi connectivity index (χ1) is 13.3. The number of fused-ring (bicyclic) bond motifs is 2. The van der Waals surface area contributed by atoms with Gasteiger partial charge < -0.3 is 10.3 Å². The number of anilines is 1. The summed E-state index contributed by atoms with van der Waals surface area (Å²) in [5.74, 6) is 0.123. The van der Waals surface area contributed by atoms with Crippen molar-refractivity contribution in [3.05, 3.63) is 50.1 Å². The number of H-pyrrole nitrogens is 1. The number of ketones is 1. The SMILES string of the molecule is CC[C@@H](C)Sc1nc2c(c(=O)[nH]1)[C@@H](c1cccs1)[C@@H]1C(=O)CC(C)(C)C=C1N2. The van der Waals surface area contributed by atoms with Gasteiger partial charge in [-0.15, -0.1) is 11.3 Å². The summed E-state index contributed by atoms with van der Waals surface area (Å²) in [5.41, 5.74) is 1.09. The molecule has 7 heteroatoms. The number of Topliss-reactive ketones (excluding diaryl/α,β-unsaturated/α-hetero) is 1. The third-order valence-corrected chi connectivity index (χ3v) is 7.54. The molecule has 0 fully saturated rings. The normalized spacial score (nSPS) is 24.0. The Labute approximate surface area is 173 Å². The van der Waals surface area contributed by atoms with Crippen LogP contribution in [0.25, 0.3) is 0 Å². The fourth-order valence-electron chi connectivity index (χ4n) is 4.03. The van der Waals surface area contributed by atoms with Gasteiger partial charge in [0.2, 0.25) is 0 Å². The Balaban J connectivity index is 1.89. The number of aromatic amines is 1. The van der Waals surface area contributed by atoms with Crippen LogP contribution in [-0.4, -0.2) is 21.0 Å². The second kappa shape index (κ2) is 7.19. The number of aromatic nitrogens is 2. The van der Waals surface area contributed by atoms with Crippen molar-refractivity contribution in [3.8, 4) is 0 Å². The summed E-state index contributed by atoms with van der Waals surface area (Å²) in [7, 11) is 0. The smallest absolute Gasteiger partial charge is 0.257 e. The molecule has 5 nitrogen and oxygen atoms in total. The molecule has 3 heterocycles. The van der Waals surface area contributed by atoms with Gasteiger partial charge in [0.05, 0.1) is 11.5 Å². The molecule has 0 saturated carbocycles. The van der Waals surface area contributed by atoms with Crippen LogP contribution in [0.3, 0.4) is 0 Å². The van der Waals surface area contributed by atoms with Crippen LogP contribution < -0.4 is 10.9 Å². The van der Waals surface area contributed by atoms with Crippen molar-refractivity contribution >= 4 is 34.7 Å². The van der Waals surface area contributed by atoms with E-state index in [-0.39, 0.29) is 28.6 Å². The lowest BCUT2D eigenvalue weighted by Crippen LogP contribution is -2.41. The van der Waals surface area contributed by atoms with E-state index < -0.39 is 0 Å². The van der Waals surface area contributed by atoms with Gasteiger partial charge in [0.1, 0.15) is 11.6 Å². The van der Waals surface area contributed by atoms with Crippen molar-refractivity contribution in [1.82, 2.24) is 9.97 Å². The summed E-state index contributed by atoms with van der Waals surface area (Å²) in [4.78, 5) is 34.9. The van der Waals surface area contributed by atoms with E-state index >= 15 is 0 Å². The highest BCUT2D eigenvalue weighted by molar-refractivity contribution is 7.99. The minimum atomic E-state index is -0.352.